The van der Waals surface area contributed by atoms with Gasteiger partial charge in [0.2, 0.25) is 5.90 Å². The fourth-order valence-corrected chi connectivity index (χ4v) is 0.842. The molecule has 10 heavy (non-hydrogen) atoms. The largest absolute Gasteiger partial charge is 0.481 e. The van der Waals surface area contributed by atoms with Crippen molar-refractivity contribution >= 4 is 5.90 Å². The molecule has 2 heteroatoms. The average molecular weight is 137 g/mol. The van der Waals surface area contributed by atoms with E-state index in [4.69, 9.17) is 4.74 Å². The van der Waals surface area contributed by atoms with Crippen LogP contribution in [0.3, 0.4) is 0 Å². The van der Waals surface area contributed by atoms with Crippen LogP contribution in [-0.2, 0) is 4.74 Å². The Bertz CT molecular complexity index is 213. The summed E-state index contributed by atoms with van der Waals surface area (Å²) >= 11 is 0. The molecule has 0 saturated heterocycles. The molecule has 0 spiro atoms. The Morgan fingerprint density at radius 3 is 2.90 bits per heavy atom. The van der Waals surface area contributed by atoms with Crippen molar-refractivity contribution in [3.63, 3.8) is 0 Å². The number of rotatable bonds is 0. The molecule has 0 aliphatic carbocycles. The second-order valence-corrected chi connectivity index (χ2v) is 2.28. The number of methoxy groups -OCH3 is 1. The fraction of sp³-hybridized carbons (Fsp3) is 0.375. The molecule has 1 heterocycles. The van der Waals surface area contributed by atoms with Gasteiger partial charge in [-0.2, -0.15) is 0 Å². The molecule has 0 bridgehead atoms. The zero-order valence-electron chi connectivity index (χ0n) is 6.35. The molecule has 0 aromatic rings. The summed E-state index contributed by atoms with van der Waals surface area (Å²) in [5, 5.41) is 0. The fourth-order valence-electron chi connectivity index (χ4n) is 0.842. The van der Waals surface area contributed by atoms with Gasteiger partial charge in [-0.1, -0.05) is 12.7 Å². The summed E-state index contributed by atoms with van der Waals surface area (Å²) in [5.74, 6) is 0.691. The van der Waals surface area contributed by atoms with Gasteiger partial charge in [0, 0.05) is 17.7 Å². The van der Waals surface area contributed by atoms with Gasteiger partial charge in [-0.25, -0.2) is 4.99 Å². The van der Waals surface area contributed by atoms with Crippen molar-refractivity contribution in [2.45, 2.75) is 13.3 Å². The van der Waals surface area contributed by atoms with E-state index in [9.17, 15) is 0 Å². The molecule has 1 aliphatic rings. The van der Waals surface area contributed by atoms with Gasteiger partial charge < -0.3 is 4.74 Å². The van der Waals surface area contributed by atoms with Crippen LogP contribution in [0.25, 0.3) is 0 Å². The van der Waals surface area contributed by atoms with Crippen molar-refractivity contribution in [1.29, 1.82) is 0 Å². The van der Waals surface area contributed by atoms with Crippen LogP contribution in [0.2, 0.25) is 0 Å². The molecular formula is C8H11NO. The Kier molecular flexibility index (Phi) is 1.90. The molecule has 0 atom stereocenters. The van der Waals surface area contributed by atoms with Gasteiger partial charge in [-0.3, -0.25) is 0 Å². The van der Waals surface area contributed by atoms with E-state index in [1.165, 1.54) is 0 Å². The third-order valence-corrected chi connectivity index (χ3v) is 1.43. The second kappa shape index (κ2) is 2.69. The molecule has 0 fully saturated rings. The minimum Gasteiger partial charge on any atom is -0.481 e. The van der Waals surface area contributed by atoms with Crippen LogP contribution in [0, 0.1) is 0 Å². The van der Waals surface area contributed by atoms with Gasteiger partial charge in [0.15, 0.2) is 0 Å². The summed E-state index contributed by atoms with van der Waals surface area (Å²) in [7, 11) is 1.62. The minimum atomic E-state index is 0.691. The van der Waals surface area contributed by atoms with E-state index in [0.717, 1.165) is 17.7 Å². The van der Waals surface area contributed by atoms with Gasteiger partial charge in [-0.15, -0.1) is 0 Å². The van der Waals surface area contributed by atoms with Gasteiger partial charge >= 0.3 is 0 Å². The lowest BCUT2D eigenvalue weighted by Gasteiger charge is -2.10. The predicted molar refractivity (Wildman–Crippen MR) is 42.0 cm³/mol. The summed E-state index contributed by atoms with van der Waals surface area (Å²) in [6.07, 6.45) is 2.91. The highest BCUT2D eigenvalue weighted by molar-refractivity contribution is 5.94. The molecule has 0 radical (unpaired) electrons. The molecule has 0 amide bonds. The highest BCUT2D eigenvalue weighted by Gasteiger charge is 2.06. The molecule has 0 saturated carbocycles. The van der Waals surface area contributed by atoms with E-state index < -0.39 is 0 Å². The molecule has 0 unspecified atom stereocenters. The summed E-state index contributed by atoms with van der Waals surface area (Å²) < 4.78 is 4.99. The Balaban J connectivity index is 2.84. The number of ether oxygens (including phenoxy) is 1. The Morgan fingerprint density at radius 1 is 1.70 bits per heavy atom. The first-order valence-corrected chi connectivity index (χ1v) is 3.21. The van der Waals surface area contributed by atoms with Crippen molar-refractivity contribution in [2.24, 2.45) is 4.99 Å². The first-order chi connectivity index (χ1) is 4.74. The maximum atomic E-state index is 4.99. The molecular weight excluding hydrogens is 126 g/mol. The van der Waals surface area contributed by atoms with Crippen molar-refractivity contribution in [2.75, 3.05) is 7.11 Å². The first kappa shape index (κ1) is 7.06. The molecule has 0 N–H and O–H groups in total. The first-order valence-electron chi connectivity index (χ1n) is 3.21. The number of aliphatic imine (C=N–C) groups is 1. The van der Waals surface area contributed by atoms with Crippen LogP contribution in [0.4, 0.5) is 0 Å². The van der Waals surface area contributed by atoms with Crippen LogP contribution in [0.1, 0.15) is 13.3 Å². The zero-order chi connectivity index (χ0) is 7.56. The van der Waals surface area contributed by atoms with Gasteiger partial charge in [0.05, 0.1) is 7.11 Å². The lowest BCUT2D eigenvalue weighted by molar-refractivity contribution is 0.401. The monoisotopic (exact) mass is 137 g/mol. The molecule has 1 rings (SSSR count). The van der Waals surface area contributed by atoms with Crippen LogP contribution >= 0.6 is 0 Å². The number of nitrogens with zero attached hydrogens (tertiary/aromatic N) is 1. The maximum Gasteiger partial charge on any atom is 0.215 e. The normalized spacial score (nSPS) is 18.0. The zero-order valence-corrected chi connectivity index (χ0v) is 6.35. The topological polar surface area (TPSA) is 21.6 Å². The lowest BCUT2D eigenvalue weighted by atomic mass is 10.2. The van der Waals surface area contributed by atoms with Crippen LogP contribution < -0.4 is 0 Å². The summed E-state index contributed by atoms with van der Waals surface area (Å²) in [5.41, 5.74) is 1.96. The molecule has 2 nitrogen and oxygen atoms in total. The highest BCUT2D eigenvalue weighted by Crippen LogP contribution is 2.13. The number of dihydropyridines is 1. The summed E-state index contributed by atoms with van der Waals surface area (Å²) in [4.78, 5) is 4.11. The summed E-state index contributed by atoms with van der Waals surface area (Å²) in [6, 6.07) is 0. The van der Waals surface area contributed by atoms with E-state index in [0.29, 0.717) is 5.90 Å². The average Bonchev–Trinajstić information content (AvgIpc) is 1.94. The third kappa shape index (κ3) is 1.26. The highest BCUT2D eigenvalue weighted by atomic mass is 16.5. The van der Waals surface area contributed by atoms with Gasteiger partial charge in [0.1, 0.15) is 0 Å². The second-order valence-electron chi connectivity index (χ2n) is 2.28. The van der Waals surface area contributed by atoms with Crippen LogP contribution in [0.5, 0.6) is 0 Å². The van der Waals surface area contributed by atoms with Crippen LogP contribution in [0.15, 0.2) is 28.9 Å². The quantitative estimate of drug-likeness (QED) is 0.499. The molecule has 54 valence electrons. The summed E-state index contributed by atoms with van der Waals surface area (Å²) in [6.45, 7) is 5.72. The lowest BCUT2D eigenvalue weighted by Crippen LogP contribution is -2.06. The Morgan fingerprint density at radius 2 is 2.40 bits per heavy atom. The van der Waals surface area contributed by atoms with Gasteiger partial charge in [-0.05, 0) is 6.92 Å². The Labute approximate surface area is 60.9 Å². The predicted octanol–water partition coefficient (Wildman–Crippen LogP) is 1.89. The van der Waals surface area contributed by atoms with Crippen LogP contribution in [-0.4, -0.2) is 13.0 Å². The standard InChI is InChI=1S/C8H11NO/c1-6-4-5-7(2)9-8(6)10-3/h4H,2,5H2,1,3H3. The minimum absolute atomic E-state index is 0.691. The van der Waals surface area contributed by atoms with E-state index in [2.05, 4.69) is 17.6 Å². The number of hydrogen-bond donors (Lipinski definition) is 0. The molecule has 1 aliphatic heterocycles. The van der Waals surface area contributed by atoms with Crippen molar-refractivity contribution in [3.8, 4) is 0 Å². The molecule has 0 aromatic carbocycles. The van der Waals surface area contributed by atoms with Gasteiger partial charge in [0.25, 0.3) is 0 Å². The smallest absolute Gasteiger partial charge is 0.215 e. The Hall–Kier alpha value is -1.05. The van der Waals surface area contributed by atoms with E-state index in [1.54, 1.807) is 7.11 Å². The number of hydrogen-bond acceptors (Lipinski definition) is 2. The third-order valence-electron chi connectivity index (χ3n) is 1.43. The van der Waals surface area contributed by atoms with E-state index in [1.807, 2.05) is 6.92 Å². The SMILES string of the molecule is C=C1CC=C(C)C(OC)=N1. The van der Waals surface area contributed by atoms with Crippen molar-refractivity contribution in [3.05, 3.63) is 23.9 Å². The molecule has 0 aromatic heterocycles. The van der Waals surface area contributed by atoms with E-state index in [-0.39, 0.29) is 0 Å². The van der Waals surface area contributed by atoms with Crippen molar-refractivity contribution < 1.29 is 4.74 Å². The van der Waals surface area contributed by atoms with Crippen molar-refractivity contribution in [1.82, 2.24) is 0 Å². The number of allylic oxidation sites excluding steroid dienone is 1. The van der Waals surface area contributed by atoms with E-state index >= 15 is 0 Å². The maximum absolute atomic E-state index is 4.99.